The molecule has 104 valence electrons. The van der Waals surface area contributed by atoms with Crippen LogP contribution in [0.5, 0.6) is 0 Å². The van der Waals surface area contributed by atoms with Crippen LogP contribution < -0.4 is 0 Å². The lowest BCUT2D eigenvalue weighted by atomic mass is 9.89. The molecule has 1 aromatic rings. The highest BCUT2D eigenvalue weighted by molar-refractivity contribution is 9.10. The molecule has 0 bridgehead atoms. The summed E-state index contributed by atoms with van der Waals surface area (Å²) >= 11 is 3.61. The number of halogens is 1. The average molecular weight is 322 g/mol. The van der Waals surface area contributed by atoms with Gasteiger partial charge in [0.2, 0.25) is 0 Å². The second-order valence-corrected chi connectivity index (χ2v) is 7.51. The van der Waals surface area contributed by atoms with Crippen molar-refractivity contribution in [1.82, 2.24) is 4.90 Å². The van der Waals surface area contributed by atoms with E-state index in [-0.39, 0.29) is 0 Å². The van der Waals surface area contributed by atoms with Gasteiger partial charge in [-0.2, -0.15) is 0 Å². The van der Waals surface area contributed by atoms with E-state index in [1.807, 2.05) is 0 Å². The molecule has 1 fully saturated rings. The van der Waals surface area contributed by atoms with Gasteiger partial charge in [-0.1, -0.05) is 22.0 Å². The predicted molar refractivity (Wildman–Crippen MR) is 84.6 cm³/mol. The molecule has 2 aliphatic rings. The van der Waals surface area contributed by atoms with Crippen LogP contribution in [0.25, 0.3) is 0 Å². The molecule has 1 aliphatic carbocycles. The Morgan fingerprint density at radius 1 is 1.21 bits per heavy atom. The minimum absolute atomic E-state index is 0.404. The molecule has 0 aromatic heterocycles. The van der Waals surface area contributed by atoms with E-state index in [4.69, 9.17) is 0 Å². The summed E-state index contributed by atoms with van der Waals surface area (Å²) in [4.78, 5) is 2.79. The standard InChI is InChI=1S/C17H24BrN/c1-13-4-3-11-19(13)17(2)9-7-14-5-6-16(18)12-15(14)8-10-17/h5-6,12-13H,3-4,7-11H2,1-2H3/t13-,17?/m1/s1. The molecule has 1 aliphatic heterocycles. The Kier molecular flexibility index (Phi) is 3.74. The van der Waals surface area contributed by atoms with E-state index in [1.165, 1.54) is 49.5 Å². The van der Waals surface area contributed by atoms with Crippen molar-refractivity contribution in [3.05, 3.63) is 33.8 Å². The van der Waals surface area contributed by atoms with Gasteiger partial charge in [0.25, 0.3) is 0 Å². The number of aryl methyl sites for hydroxylation is 2. The Hall–Kier alpha value is -0.340. The van der Waals surface area contributed by atoms with Crippen LogP contribution in [-0.2, 0) is 12.8 Å². The first-order valence-corrected chi connectivity index (χ1v) is 8.42. The number of likely N-dealkylation sites (tertiary alicyclic amines) is 1. The van der Waals surface area contributed by atoms with Crippen molar-refractivity contribution in [2.24, 2.45) is 0 Å². The Bertz CT molecular complexity index is 470. The molecule has 1 unspecified atom stereocenters. The van der Waals surface area contributed by atoms with Gasteiger partial charge in [-0.3, -0.25) is 4.90 Å². The fourth-order valence-corrected chi connectivity index (χ4v) is 4.43. The van der Waals surface area contributed by atoms with Crippen molar-refractivity contribution in [2.45, 2.75) is 64.0 Å². The van der Waals surface area contributed by atoms with Crippen molar-refractivity contribution >= 4 is 15.9 Å². The average Bonchev–Trinajstić information content (AvgIpc) is 2.75. The smallest absolute Gasteiger partial charge is 0.0190 e. The van der Waals surface area contributed by atoms with Gasteiger partial charge in [-0.25, -0.2) is 0 Å². The molecule has 0 radical (unpaired) electrons. The molecule has 3 rings (SSSR count). The summed E-state index contributed by atoms with van der Waals surface area (Å²) in [7, 11) is 0. The fraction of sp³-hybridized carbons (Fsp3) is 0.647. The zero-order valence-electron chi connectivity index (χ0n) is 12.1. The second kappa shape index (κ2) is 5.21. The maximum absolute atomic E-state index is 3.61. The van der Waals surface area contributed by atoms with Gasteiger partial charge in [0.1, 0.15) is 0 Å². The molecule has 19 heavy (non-hydrogen) atoms. The molecule has 0 amide bonds. The van der Waals surface area contributed by atoms with E-state index < -0.39 is 0 Å². The fourth-order valence-electron chi connectivity index (χ4n) is 4.03. The minimum atomic E-state index is 0.404. The normalized spacial score (nSPS) is 32.1. The maximum Gasteiger partial charge on any atom is 0.0190 e. The number of hydrogen-bond acceptors (Lipinski definition) is 1. The van der Waals surface area contributed by atoms with Gasteiger partial charge in [0, 0.05) is 16.1 Å². The maximum atomic E-state index is 3.61. The summed E-state index contributed by atoms with van der Waals surface area (Å²) in [6.07, 6.45) is 7.85. The monoisotopic (exact) mass is 321 g/mol. The second-order valence-electron chi connectivity index (χ2n) is 6.59. The lowest BCUT2D eigenvalue weighted by Gasteiger charge is -2.41. The van der Waals surface area contributed by atoms with E-state index in [9.17, 15) is 0 Å². The van der Waals surface area contributed by atoms with E-state index in [0.29, 0.717) is 5.54 Å². The van der Waals surface area contributed by atoms with Gasteiger partial charge in [-0.05, 0) is 82.2 Å². The summed E-state index contributed by atoms with van der Waals surface area (Å²) in [5, 5.41) is 0. The van der Waals surface area contributed by atoms with Crippen molar-refractivity contribution in [2.75, 3.05) is 6.54 Å². The Morgan fingerprint density at radius 2 is 1.95 bits per heavy atom. The largest absolute Gasteiger partial charge is 0.295 e. The quantitative estimate of drug-likeness (QED) is 0.685. The molecule has 0 spiro atoms. The summed E-state index contributed by atoms with van der Waals surface area (Å²) in [5.74, 6) is 0. The van der Waals surface area contributed by atoms with Crippen molar-refractivity contribution < 1.29 is 0 Å². The van der Waals surface area contributed by atoms with E-state index in [1.54, 1.807) is 11.1 Å². The zero-order valence-corrected chi connectivity index (χ0v) is 13.7. The van der Waals surface area contributed by atoms with E-state index in [2.05, 4.69) is 52.9 Å². The first-order chi connectivity index (χ1) is 9.08. The molecule has 0 saturated carbocycles. The lowest BCUT2D eigenvalue weighted by molar-refractivity contribution is 0.0821. The first-order valence-electron chi connectivity index (χ1n) is 7.62. The third kappa shape index (κ3) is 2.62. The van der Waals surface area contributed by atoms with Crippen LogP contribution in [0.4, 0.5) is 0 Å². The predicted octanol–water partition coefficient (Wildman–Crippen LogP) is 4.57. The first kappa shape index (κ1) is 13.6. The minimum Gasteiger partial charge on any atom is -0.295 e. The van der Waals surface area contributed by atoms with Crippen molar-refractivity contribution in [1.29, 1.82) is 0 Å². The number of benzene rings is 1. The third-order valence-electron chi connectivity index (χ3n) is 5.28. The molecule has 1 aromatic carbocycles. The highest BCUT2D eigenvalue weighted by atomic mass is 79.9. The van der Waals surface area contributed by atoms with E-state index in [0.717, 1.165) is 6.04 Å². The van der Waals surface area contributed by atoms with Crippen LogP contribution >= 0.6 is 15.9 Å². The molecule has 2 atom stereocenters. The van der Waals surface area contributed by atoms with Crippen LogP contribution in [0.2, 0.25) is 0 Å². The number of hydrogen-bond donors (Lipinski definition) is 0. The molecule has 0 N–H and O–H groups in total. The highest BCUT2D eigenvalue weighted by Crippen LogP contribution is 2.37. The van der Waals surface area contributed by atoms with Gasteiger partial charge >= 0.3 is 0 Å². The van der Waals surface area contributed by atoms with Crippen molar-refractivity contribution in [3.8, 4) is 0 Å². The van der Waals surface area contributed by atoms with Crippen LogP contribution in [0.3, 0.4) is 0 Å². The van der Waals surface area contributed by atoms with Crippen LogP contribution in [0, 0.1) is 0 Å². The Morgan fingerprint density at radius 3 is 2.63 bits per heavy atom. The Balaban J connectivity index is 1.82. The molecule has 1 saturated heterocycles. The van der Waals surface area contributed by atoms with Gasteiger partial charge in [0.05, 0.1) is 0 Å². The number of nitrogens with zero attached hydrogens (tertiary/aromatic N) is 1. The number of rotatable bonds is 1. The summed E-state index contributed by atoms with van der Waals surface area (Å²) < 4.78 is 1.23. The zero-order chi connectivity index (χ0) is 13.5. The summed E-state index contributed by atoms with van der Waals surface area (Å²) in [6, 6.07) is 7.62. The van der Waals surface area contributed by atoms with Gasteiger partial charge < -0.3 is 0 Å². The SMILES string of the molecule is C[C@@H]1CCCN1C1(C)CCc2ccc(Br)cc2CC1. The molecule has 1 nitrogen and oxygen atoms in total. The van der Waals surface area contributed by atoms with Gasteiger partial charge in [0.15, 0.2) is 0 Å². The highest BCUT2D eigenvalue weighted by Gasteiger charge is 2.38. The van der Waals surface area contributed by atoms with Crippen LogP contribution in [-0.4, -0.2) is 23.0 Å². The molecule has 2 heteroatoms. The lowest BCUT2D eigenvalue weighted by Crippen LogP contribution is -2.48. The Labute approximate surface area is 125 Å². The molecule has 1 heterocycles. The van der Waals surface area contributed by atoms with Gasteiger partial charge in [-0.15, -0.1) is 0 Å². The summed E-state index contributed by atoms with van der Waals surface area (Å²) in [6.45, 7) is 6.21. The summed E-state index contributed by atoms with van der Waals surface area (Å²) in [5.41, 5.74) is 3.53. The third-order valence-corrected chi connectivity index (χ3v) is 5.77. The molecular weight excluding hydrogens is 298 g/mol. The van der Waals surface area contributed by atoms with Crippen LogP contribution in [0.15, 0.2) is 22.7 Å². The van der Waals surface area contributed by atoms with Crippen LogP contribution in [0.1, 0.15) is 50.7 Å². The topological polar surface area (TPSA) is 3.24 Å². The van der Waals surface area contributed by atoms with Crippen molar-refractivity contribution in [3.63, 3.8) is 0 Å². The van der Waals surface area contributed by atoms with E-state index >= 15 is 0 Å². The molecular formula is C17H24BrN. The number of fused-ring (bicyclic) bond motifs is 1.